The third-order valence-electron chi connectivity index (χ3n) is 4.48. The minimum Gasteiger partial charge on any atom is -0.377 e. The zero-order valence-electron chi connectivity index (χ0n) is 16.2. The molecule has 3 rings (SSSR count). The number of benzene rings is 3. The Kier molecular flexibility index (Phi) is 5.27. The highest BCUT2D eigenvalue weighted by Gasteiger charge is 2.23. The molecule has 0 radical (unpaired) electrons. The molecule has 0 spiro atoms. The second kappa shape index (κ2) is 7.33. The Morgan fingerprint density at radius 3 is 2.22 bits per heavy atom. The zero-order valence-corrected chi connectivity index (χ0v) is 17.0. The molecule has 1 atom stereocenters. The maximum absolute atomic E-state index is 13.3. The van der Waals surface area contributed by atoms with Crippen molar-refractivity contribution in [3.05, 3.63) is 72.3 Å². The van der Waals surface area contributed by atoms with Crippen molar-refractivity contribution in [1.82, 2.24) is 0 Å². The van der Waals surface area contributed by atoms with E-state index < -0.39 is 15.5 Å². The van der Waals surface area contributed by atoms with Crippen LogP contribution in [0.1, 0.15) is 19.4 Å². The van der Waals surface area contributed by atoms with Crippen LogP contribution in [0.4, 0.5) is 5.69 Å². The van der Waals surface area contributed by atoms with Crippen LogP contribution in [-0.2, 0) is 16.4 Å². The predicted octanol–water partition coefficient (Wildman–Crippen LogP) is 5.23. The van der Waals surface area contributed by atoms with E-state index in [2.05, 4.69) is 4.36 Å². The third kappa shape index (κ3) is 4.31. The molecule has 1 unspecified atom stereocenters. The van der Waals surface area contributed by atoms with Crippen LogP contribution < -0.4 is 4.90 Å². The van der Waals surface area contributed by atoms with Crippen LogP contribution in [-0.4, -0.2) is 28.4 Å². The molecule has 0 saturated carbocycles. The summed E-state index contributed by atoms with van der Waals surface area (Å²) in [5, 5.41) is 1.70. The van der Waals surface area contributed by atoms with Gasteiger partial charge >= 0.3 is 0 Å². The summed E-state index contributed by atoms with van der Waals surface area (Å²) >= 11 is 0. The van der Waals surface area contributed by atoms with Gasteiger partial charge < -0.3 is 4.90 Å². The van der Waals surface area contributed by atoms with Crippen molar-refractivity contribution in [1.29, 1.82) is 0 Å². The lowest BCUT2D eigenvalue weighted by atomic mass is 9.96. The van der Waals surface area contributed by atoms with Gasteiger partial charge in [0.2, 0.25) is 0 Å². The molecule has 3 aromatic carbocycles. The molecule has 0 heterocycles. The number of anilines is 1. The largest absolute Gasteiger partial charge is 0.377 e. The molecule has 0 aliphatic heterocycles. The maximum Gasteiger partial charge on any atom is 0.192 e. The van der Waals surface area contributed by atoms with Gasteiger partial charge in [-0.15, -0.1) is 0 Å². The first kappa shape index (κ1) is 19.4. The standard InChI is InChI=1S/C22H26N2O2S/c1-22(2,16-17-10-6-5-7-11-17)23-27(25,26)21-15-9-12-18-19(21)13-8-14-20(18)24(3)4/h5-15H,16H2,1-4H3,(H,23,25,26). The highest BCUT2D eigenvalue weighted by molar-refractivity contribution is 7.88. The van der Waals surface area contributed by atoms with E-state index in [-0.39, 0.29) is 0 Å². The van der Waals surface area contributed by atoms with Crippen molar-refractivity contribution in [2.45, 2.75) is 30.7 Å². The van der Waals surface area contributed by atoms with E-state index in [0.717, 1.165) is 22.0 Å². The van der Waals surface area contributed by atoms with Gasteiger partial charge in [-0.05, 0) is 38.0 Å². The van der Waals surface area contributed by atoms with Crippen LogP contribution >= 0.6 is 0 Å². The number of fused-ring (bicyclic) bond motifs is 1. The Morgan fingerprint density at radius 2 is 1.56 bits per heavy atom. The average Bonchev–Trinajstić information content (AvgIpc) is 2.60. The van der Waals surface area contributed by atoms with Crippen molar-refractivity contribution in [3.63, 3.8) is 0 Å². The molecule has 5 heteroatoms. The molecule has 0 aliphatic rings. The molecule has 1 N–H and O–H groups in total. The number of nitrogens with zero attached hydrogens (tertiary/aromatic N) is 2. The zero-order chi connectivity index (χ0) is 19.7. The van der Waals surface area contributed by atoms with E-state index in [1.807, 2.05) is 93.5 Å². The van der Waals surface area contributed by atoms with E-state index in [1.165, 1.54) is 0 Å². The van der Waals surface area contributed by atoms with E-state index in [0.29, 0.717) is 11.3 Å². The first-order valence-corrected chi connectivity index (χ1v) is 10.4. The summed E-state index contributed by atoms with van der Waals surface area (Å²) in [7, 11) is 0.376. The average molecular weight is 383 g/mol. The topological polar surface area (TPSA) is 52.9 Å². The minimum absolute atomic E-state index is 0.366. The molecule has 27 heavy (non-hydrogen) atoms. The van der Waals surface area contributed by atoms with E-state index >= 15 is 0 Å². The molecule has 0 bridgehead atoms. The lowest BCUT2D eigenvalue weighted by Gasteiger charge is -2.22. The van der Waals surface area contributed by atoms with Crippen molar-refractivity contribution in [3.8, 4) is 0 Å². The first-order valence-electron chi connectivity index (χ1n) is 8.93. The summed E-state index contributed by atoms with van der Waals surface area (Å²) < 4.78 is 28.5. The van der Waals surface area contributed by atoms with Gasteiger partial charge in [-0.25, -0.2) is 8.57 Å². The molecular formula is C22H26N2O2S. The van der Waals surface area contributed by atoms with Gasteiger partial charge in [0, 0.05) is 30.6 Å². The number of hydrogen-bond donors (Lipinski definition) is 1. The molecule has 4 nitrogen and oxygen atoms in total. The van der Waals surface area contributed by atoms with Gasteiger partial charge in [0.1, 0.15) is 0 Å². The van der Waals surface area contributed by atoms with Gasteiger partial charge in [0.05, 0.1) is 10.4 Å². The number of hydrogen-bond acceptors (Lipinski definition) is 3. The smallest absolute Gasteiger partial charge is 0.192 e. The number of rotatable bonds is 5. The summed E-state index contributed by atoms with van der Waals surface area (Å²) in [5.74, 6) is 0. The fourth-order valence-electron chi connectivity index (χ4n) is 3.40. The summed E-state index contributed by atoms with van der Waals surface area (Å²) in [6.45, 7) is 3.79. The monoisotopic (exact) mass is 382 g/mol. The SMILES string of the molecule is CN(C)c1cccc2c(S(=O)(O)=NC(C)(C)Cc3ccccc3)cccc12. The lowest BCUT2D eigenvalue weighted by molar-refractivity contribution is 0.493. The van der Waals surface area contributed by atoms with Crippen LogP contribution in [0.15, 0.2) is 76.0 Å². The molecule has 0 aromatic heterocycles. The second-order valence-electron chi connectivity index (χ2n) is 7.59. The van der Waals surface area contributed by atoms with Gasteiger partial charge in [-0.1, -0.05) is 54.6 Å². The lowest BCUT2D eigenvalue weighted by Crippen LogP contribution is -2.23. The highest BCUT2D eigenvalue weighted by atomic mass is 32.2. The van der Waals surface area contributed by atoms with Crippen molar-refractivity contribution >= 4 is 26.5 Å². The van der Waals surface area contributed by atoms with Gasteiger partial charge in [-0.2, -0.15) is 0 Å². The van der Waals surface area contributed by atoms with E-state index in [9.17, 15) is 8.76 Å². The summed E-state index contributed by atoms with van der Waals surface area (Å²) in [5.41, 5.74) is 1.43. The Hall–Kier alpha value is -2.37. The minimum atomic E-state index is -3.55. The van der Waals surface area contributed by atoms with E-state index in [1.54, 1.807) is 6.07 Å². The Balaban J connectivity index is 2.10. The Labute approximate surface area is 161 Å². The Morgan fingerprint density at radius 1 is 0.926 bits per heavy atom. The molecule has 0 fully saturated rings. The molecule has 0 saturated heterocycles. The maximum atomic E-state index is 13.3. The van der Waals surface area contributed by atoms with Crippen LogP contribution in [0.5, 0.6) is 0 Å². The highest BCUT2D eigenvalue weighted by Crippen LogP contribution is 2.32. The van der Waals surface area contributed by atoms with Crippen LogP contribution in [0.25, 0.3) is 10.8 Å². The quantitative estimate of drug-likeness (QED) is 0.657. The third-order valence-corrected chi connectivity index (χ3v) is 6.15. The van der Waals surface area contributed by atoms with Crippen LogP contribution in [0.3, 0.4) is 0 Å². The van der Waals surface area contributed by atoms with Crippen LogP contribution in [0.2, 0.25) is 0 Å². The fraction of sp³-hybridized carbons (Fsp3) is 0.273. The fourth-order valence-corrected chi connectivity index (χ4v) is 4.95. The van der Waals surface area contributed by atoms with E-state index in [4.69, 9.17) is 0 Å². The second-order valence-corrected chi connectivity index (χ2v) is 9.20. The Bertz CT molecular complexity index is 1070. The molecule has 0 aliphatic carbocycles. The van der Waals surface area contributed by atoms with Crippen molar-refractivity contribution < 1.29 is 8.76 Å². The van der Waals surface area contributed by atoms with Gasteiger partial charge in [0.15, 0.2) is 10.0 Å². The molecule has 0 amide bonds. The summed E-state index contributed by atoms with van der Waals surface area (Å²) in [6, 6.07) is 21.2. The molecule has 3 aromatic rings. The summed E-state index contributed by atoms with van der Waals surface area (Å²) in [4.78, 5) is 2.37. The van der Waals surface area contributed by atoms with Gasteiger partial charge in [-0.3, -0.25) is 4.55 Å². The predicted molar refractivity (Wildman–Crippen MR) is 114 cm³/mol. The first-order chi connectivity index (χ1) is 12.7. The van der Waals surface area contributed by atoms with Gasteiger partial charge in [0.25, 0.3) is 0 Å². The van der Waals surface area contributed by atoms with Crippen LogP contribution in [0, 0.1) is 0 Å². The normalized spacial score (nSPS) is 14.0. The van der Waals surface area contributed by atoms with Crippen molar-refractivity contribution in [2.24, 2.45) is 4.36 Å². The molecule has 142 valence electrons. The van der Waals surface area contributed by atoms with Crippen molar-refractivity contribution in [2.75, 3.05) is 19.0 Å². The summed E-state index contributed by atoms with van der Waals surface area (Å²) in [6.07, 6.45) is 0.596. The molecular weight excluding hydrogens is 356 g/mol.